The molecule has 5 heteroatoms. The normalized spacial score (nSPS) is 18.4. The fraction of sp³-hybridized carbons (Fsp3) is 0.353. The van der Waals surface area contributed by atoms with Crippen LogP contribution in [0.15, 0.2) is 36.5 Å². The average molecular weight is 298 g/mol. The molecule has 2 N–H and O–H groups in total. The Kier molecular flexibility index (Phi) is 3.06. The molecule has 0 unspecified atom stereocenters. The number of rotatable bonds is 2. The van der Waals surface area contributed by atoms with Crippen LogP contribution in [0.3, 0.4) is 0 Å². The van der Waals surface area contributed by atoms with Crippen LogP contribution in [0.25, 0.3) is 0 Å². The molecule has 5 nitrogen and oxygen atoms in total. The minimum atomic E-state index is -0.483. The van der Waals surface area contributed by atoms with E-state index in [9.17, 15) is 4.79 Å². The minimum absolute atomic E-state index is 0.170. The Morgan fingerprint density at radius 1 is 1.09 bits per heavy atom. The number of ether oxygens (including phenoxy) is 2. The average Bonchev–Trinajstić information content (AvgIpc) is 3.15. The van der Waals surface area contributed by atoms with Crippen molar-refractivity contribution < 1.29 is 14.3 Å². The first-order chi connectivity index (χ1) is 10.7. The van der Waals surface area contributed by atoms with Crippen molar-refractivity contribution in [3.8, 4) is 11.5 Å². The summed E-state index contributed by atoms with van der Waals surface area (Å²) in [6.07, 6.45) is 7.07. The lowest BCUT2D eigenvalue weighted by molar-refractivity contribution is -0.105. The molecular weight excluding hydrogens is 280 g/mol. The summed E-state index contributed by atoms with van der Waals surface area (Å²) in [6, 6.07) is 9.06. The highest BCUT2D eigenvalue weighted by Crippen LogP contribution is 2.46. The number of aromatic nitrogens is 1. The zero-order valence-corrected chi connectivity index (χ0v) is 12.2. The first-order valence-corrected chi connectivity index (χ1v) is 7.71. The number of carbonyl (C=O) groups excluding carboxylic acids is 1. The van der Waals surface area contributed by atoms with Crippen LogP contribution in [0.4, 0.5) is 5.69 Å². The molecule has 2 aromatic rings. The minimum Gasteiger partial charge on any atom is -0.448 e. The van der Waals surface area contributed by atoms with Crippen LogP contribution in [0.2, 0.25) is 0 Å². The molecule has 2 heterocycles. The van der Waals surface area contributed by atoms with Crippen LogP contribution < -0.4 is 14.8 Å². The molecule has 22 heavy (non-hydrogen) atoms. The van der Waals surface area contributed by atoms with Gasteiger partial charge < -0.3 is 19.8 Å². The van der Waals surface area contributed by atoms with Gasteiger partial charge in [-0.2, -0.15) is 0 Å². The number of aromatic amines is 1. The molecule has 1 spiro atoms. The Labute approximate surface area is 128 Å². The third kappa shape index (κ3) is 2.32. The molecular formula is C17H18N2O3. The van der Waals surface area contributed by atoms with Crippen molar-refractivity contribution in [3.63, 3.8) is 0 Å². The van der Waals surface area contributed by atoms with Crippen LogP contribution >= 0.6 is 0 Å². The lowest BCUT2D eigenvalue weighted by atomic mass is 9.94. The molecule has 0 atom stereocenters. The SMILES string of the molecule is O=C(Nc1ccc2c(c1)OC1(CCCCC1)O2)c1ccc[nH]1. The van der Waals surface area contributed by atoms with Gasteiger partial charge in [-0.3, -0.25) is 4.79 Å². The van der Waals surface area contributed by atoms with Crippen LogP contribution in [-0.2, 0) is 0 Å². The molecule has 1 aromatic heterocycles. The summed E-state index contributed by atoms with van der Waals surface area (Å²) in [5.74, 6) is 0.824. The van der Waals surface area contributed by atoms with E-state index in [-0.39, 0.29) is 5.91 Å². The molecule has 1 saturated carbocycles. The van der Waals surface area contributed by atoms with Crippen molar-refractivity contribution in [2.24, 2.45) is 0 Å². The molecule has 1 aromatic carbocycles. The number of H-pyrrole nitrogens is 1. The Balaban J connectivity index is 1.52. The van der Waals surface area contributed by atoms with E-state index >= 15 is 0 Å². The first kappa shape index (κ1) is 13.2. The predicted octanol–water partition coefficient (Wildman–Crippen LogP) is 3.70. The second kappa shape index (κ2) is 5.09. The number of hydrogen-bond donors (Lipinski definition) is 2. The van der Waals surface area contributed by atoms with E-state index < -0.39 is 5.79 Å². The smallest absolute Gasteiger partial charge is 0.272 e. The molecule has 2 aliphatic rings. The van der Waals surface area contributed by atoms with E-state index in [1.54, 1.807) is 18.3 Å². The van der Waals surface area contributed by atoms with E-state index in [0.29, 0.717) is 17.1 Å². The lowest BCUT2D eigenvalue weighted by Gasteiger charge is -2.31. The number of benzene rings is 1. The highest BCUT2D eigenvalue weighted by Gasteiger charge is 2.42. The number of nitrogens with one attached hydrogen (secondary N) is 2. The number of hydrogen-bond acceptors (Lipinski definition) is 3. The Hall–Kier alpha value is -2.43. The van der Waals surface area contributed by atoms with Crippen molar-refractivity contribution in [2.75, 3.05) is 5.32 Å². The van der Waals surface area contributed by atoms with E-state index in [4.69, 9.17) is 9.47 Å². The molecule has 1 aliphatic heterocycles. The Morgan fingerprint density at radius 3 is 2.68 bits per heavy atom. The second-order valence-electron chi connectivity index (χ2n) is 5.87. The Bertz CT molecular complexity index is 688. The van der Waals surface area contributed by atoms with Gasteiger partial charge in [-0.25, -0.2) is 0 Å². The molecule has 0 saturated heterocycles. The van der Waals surface area contributed by atoms with Gasteiger partial charge in [0.25, 0.3) is 11.7 Å². The zero-order chi connectivity index (χ0) is 15.0. The third-order valence-corrected chi connectivity index (χ3v) is 4.25. The van der Waals surface area contributed by atoms with Crippen molar-refractivity contribution in [3.05, 3.63) is 42.2 Å². The van der Waals surface area contributed by atoms with E-state index in [1.807, 2.05) is 18.2 Å². The summed E-state index contributed by atoms with van der Waals surface area (Å²) in [4.78, 5) is 14.9. The standard InChI is InChI=1S/C17H18N2O3/c20-16(13-5-4-10-18-13)19-12-6-7-14-15(11-12)22-17(21-14)8-2-1-3-9-17/h4-7,10-11,18H,1-3,8-9H2,(H,19,20). The maximum Gasteiger partial charge on any atom is 0.272 e. The molecule has 1 fully saturated rings. The fourth-order valence-corrected chi connectivity index (χ4v) is 3.14. The predicted molar refractivity (Wildman–Crippen MR) is 82.3 cm³/mol. The van der Waals surface area contributed by atoms with E-state index in [1.165, 1.54) is 6.42 Å². The first-order valence-electron chi connectivity index (χ1n) is 7.71. The van der Waals surface area contributed by atoms with Crippen molar-refractivity contribution >= 4 is 11.6 Å². The van der Waals surface area contributed by atoms with Gasteiger partial charge in [-0.1, -0.05) is 6.42 Å². The van der Waals surface area contributed by atoms with Gasteiger partial charge in [0.1, 0.15) is 5.69 Å². The van der Waals surface area contributed by atoms with Gasteiger partial charge in [0.2, 0.25) is 0 Å². The van der Waals surface area contributed by atoms with Gasteiger partial charge in [0.15, 0.2) is 11.5 Å². The maximum absolute atomic E-state index is 12.1. The molecule has 114 valence electrons. The van der Waals surface area contributed by atoms with Crippen LogP contribution in [0.5, 0.6) is 11.5 Å². The zero-order valence-electron chi connectivity index (χ0n) is 12.2. The van der Waals surface area contributed by atoms with E-state index in [2.05, 4.69) is 10.3 Å². The molecule has 0 bridgehead atoms. The van der Waals surface area contributed by atoms with Gasteiger partial charge in [-0.15, -0.1) is 0 Å². The van der Waals surface area contributed by atoms with Crippen LogP contribution in [0.1, 0.15) is 42.6 Å². The summed E-state index contributed by atoms with van der Waals surface area (Å²) in [7, 11) is 0. The third-order valence-electron chi connectivity index (χ3n) is 4.25. The quantitative estimate of drug-likeness (QED) is 0.888. The maximum atomic E-state index is 12.1. The molecule has 1 aliphatic carbocycles. The monoisotopic (exact) mass is 298 g/mol. The molecule has 0 radical (unpaired) electrons. The van der Waals surface area contributed by atoms with Crippen LogP contribution in [-0.4, -0.2) is 16.7 Å². The fourth-order valence-electron chi connectivity index (χ4n) is 3.14. The van der Waals surface area contributed by atoms with Gasteiger partial charge >= 0.3 is 0 Å². The van der Waals surface area contributed by atoms with E-state index in [0.717, 1.165) is 31.4 Å². The largest absolute Gasteiger partial charge is 0.448 e. The van der Waals surface area contributed by atoms with Crippen LogP contribution in [0, 0.1) is 0 Å². The number of anilines is 1. The lowest BCUT2D eigenvalue weighted by Crippen LogP contribution is -2.40. The Morgan fingerprint density at radius 2 is 1.91 bits per heavy atom. The summed E-state index contributed by atoms with van der Waals surface area (Å²) >= 11 is 0. The summed E-state index contributed by atoms with van der Waals surface area (Å²) in [6.45, 7) is 0. The topological polar surface area (TPSA) is 63.4 Å². The van der Waals surface area contributed by atoms with Crippen molar-refractivity contribution in [2.45, 2.75) is 37.9 Å². The highest BCUT2D eigenvalue weighted by atomic mass is 16.7. The second-order valence-corrected chi connectivity index (χ2v) is 5.87. The van der Waals surface area contributed by atoms with Gasteiger partial charge in [0.05, 0.1) is 0 Å². The number of carbonyl (C=O) groups is 1. The number of amides is 1. The van der Waals surface area contributed by atoms with Crippen molar-refractivity contribution in [1.82, 2.24) is 4.98 Å². The summed E-state index contributed by atoms with van der Waals surface area (Å²) < 4.78 is 12.1. The highest BCUT2D eigenvalue weighted by molar-refractivity contribution is 6.03. The summed E-state index contributed by atoms with van der Waals surface area (Å²) in [5, 5.41) is 2.86. The van der Waals surface area contributed by atoms with Crippen molar-refractivity contribution in [1.29, 1.82) is 0 Å². The van der Waals surface area contributed by atoms with Gasteiger partial charge in [0, 0.05) is 30.8 Å². The van der Waals surface area contributed by atoms with Gasteiger partial charge in [-0.05, 0) is 37.1 Å². The molecule has 4 rings (SSSR count). The molecule has 1 amide bonds. The number of fused-ring (bicyclic) bond motifs is 1. The summed E-state index contributed by atoms with van der Waals surface area (Å²) in [5.41, 5.74) is 1.23.